The molecule has 0 radical (unpaired) electrons. The molecule has 0 fully saturated rings. The van der Waals surface area contributed by atoms with Crippen molar-refractivity contribution in [3.63, 3.8) is 0 Å². The Hall–Kier alpha value is -3.33. The van der Waals surface area contributed by atoms with Gasteiger partial charge in [-0.15, -0.1) is 0 Å². The van der Waals surface area contributed by atoms with Crippen molar-refractivity contribution in [1.82, 2.24) is 19.3 Å². The average Bonchev–Trinajstić information content (AvgIpc) is 3.05. The van der Waals surface area contributed by atoms with Crippen LogP contribution in [0.4, 0.5) is 21.0 Å². The van der Waals surface area contributed by atoms with Gasteiger partial charge in [0.2, 0.25) is 5.78 Å². The van der Waals surface area contributed by atoms with Gasteiger partial charge in [0.1, 0.15) is 0 Å². The van der Waals surface area contributed by atoms with E-state index in [1.54, 1.807) is 46.9 Å². The number of carbonyl (C=O) groups excluding carboxylic acids is 1. The molecular formula is C18H19ClN6O3. The number of anilines is 2. The van der Waals surface area contributed by atoms with Crippen LogP contribution >= 0.6 is 11.6 Å². The van der Waals surface area contributed by atoms with Crippen molar-refractivity contribution < 1.29 is 14.7 Å². The molecule has 3 aromatic rings. The Kier molecular flexibility index (Phi) is 5.36. The van der Waals surface area contributed by atoms with Crippen LogP contribution in [-0.4, -0.2) is 49.6 Å². The first-order valence-corrected chi connectivity index (χ1v) is 8.81. The van der Waals surface area contributed by atoms with Gasteiger partial charge in [0.15, 0.2) is 0 Å². The molecule has 0 aliphatic rings. The Bertz CT molecular complexity index is 1050. The first kappa shape index (κ1) is 19.4. The summed E-state index contributed by atoms with van der Waals surface area (Å²) < 4.78 is 1.59. The molecule has 0 bridgehead atoms. The summed E-state index contributed by atoms with van der Waals surface area (Å²) in [4.78, 5) is 33.2. The SMILES string of the molecule is CC(C)N(C)C(=O)Nc1ccc(Cl)c(-c2cn3cc(NC(=O)O)cnc3n2)c1. The number of nitrogens with one attached hydrogen (secondary N) is 2. The number of carboxylic acid groups (broad SMARTS) is 1. The topological polar surface area (TPSA) is 112 Å². The van der Waals surface area contributed by atoms with Crippen molar-refractivity contribution in [2.24, 2.45) is 0 Å². The lowest BCUT2D eigenvalue weighted by atomic mass is 10.1. The molecule has 3 rings (SSSR count). The summed E-state index contributed by atoms with van der Waals surface area (Å²) in [6.45, 7) is 3.84. The van der Waals surface area contributed by atoms with Crippen LogP contribution < -0.4 is 10.6 Å². The minimum absolute atomic E-state index is 0.0601. The molecule has 0 saturated carbocycles. The second-order valence-electron chi connectivity index (χ2n) is 6.44. The monoisotopic (exact) mass is 402 g/mol. The molecule has 0 aliphatic heterocycles. The van der Waals surface area contributed by atoms with E-state index in [2.05, 4.69) is 20.6 Å². The Labute approximate surface area is 166 Å². The van der Waals surface area contributed by atoms with Gasteiger partial charge in [0.05, 0.1) is 22.6 Å². The lowest BCUT2D eigenvalue weighted by molar-refractivity contribution is 0.209. The van der Waals surface area contributed by atoms with Crippen LogP contribution in [0.3, 0.4) is 0 Å². The Morgan fingerprint density at radius 1 is 1.21 bits per heavy atom. The van der Waals surface area contributed by atoms with E-state index in [0.717, 1.165) is 0 Å². The highest BCUT2D eigenvalue weighted by atomic mass is 35.5. The van der Waals surface area contributed by atoms with E-state index in [-0.39, 0.29) is 12.1 Å². The molecule has 9 nitrogen and oxygen atoms in total. The van der Waals surface area contributed by atoms with Crippen LogP contribution in [0.25, 0.3) is 17.0 Å². The van der Waals surface area contributed by atoms with E-state index in [9.17, 15) is 9.59 Å². The van der Waals surface area contributed by atoms with Gasteiger partial charge in [-0.2, -0.15) is 0 Å². The van der Waals surface area contributed by atoms with Gasteiger partial charge >= 0.3 is 12.1 Å². The molecule has 1 aromatic carbocycles. The Morgan fingerprint density at radius 2 is 1.96 bits per heavy atom. The highest BCUT2D eigenvalue weighted by Crippen LogP contribution is 2.30. The van der Waals surface area contributed by atoms with Crippen molar-refractivity contribution in [2.45, 2.75) is 19.9 Å². The van der Waals surface area contributed by atoms with Crippen LogP contribution in [0.2, 0.25) is 5.02 Å². The van der Waals surface area contributed by atoms with Crippen molar-refractivity contribution in [2.75, 3.05) is 17.7 Å². The van der Waals surface area contributed by atoms with Gasteiger partial charge < -0.3 is 15.3 Å². The van der Waals surface area contributed by atoms with Crippen molar-refractivity contribution in [3.05, 3.63) is 41.8 Å². The number of aromatic nitrogens is 3. The zero-order chi connectivity index (χ0) is 20.4. The van der Waals surface area contributed by atoms with E-state index in [1.165, 1.54) is 6.20 Å². The van der Waals surface area contributed by atoms with Crippen LogP contribution in [0.15, 0.2) is 36.8 Å². The Morgan fingerprint density at radius 3 is 2.64 bits per heavy atom. The highest BCUT2D eigenvalue weighted by molar-refractivity contribution is 6.33. The predicted molar refractivity (Wildman–Crippen MR) is 107 cm³/mol. The van der Waals surface area contributed by atoms with Crippen molar-refractivity contribution in [3.8, 4) is 11.3 Å². The summed E-state index contributed by atoms with van der Waals surface area (Å²) in [6, 6.07) is 4.94. The maximum atomic E-state index is 12.3. The minimum atomic E-state index is -1.18. The summed E-state index contributed by atoms with van der Waals surface area (Å²) in [5.41, 5.74) is 2.05. The number of halogens is 1. The number of carbonyl (C=O) groups is 2. The summed E-state index contributed by atoms with van der Waals surface area (Å²) in [7, 11) is 1.72. The zero-order valence-electron chi connectivity index (χ0n) is 15.5. The number of imidazole rings is 1. The average molecular weight is 403 g/mol. The molecule has 0 spiro atoms. The first-order valence-electron chi connectivity index (χ1n) is 8.43. The van der Waals surface area contributed by atoms with Crippen LogP contribution in [-0.2, 0) is 0 Å². The van der Waals surface area contributed by atoms with E-state index >= 15 is 0 Å². The number of hydrogen-bond acceptors (Lipinski definition) is 4. The maximum absolute atomic E-state index is 12.3. The second-order valence-corrected chi connectivity index (χ2v) is 6.84. The number of fused-ring (bicyclic) bond motifs is 1. The molecular weight excluding hydrogens is 384 g/mol. The smallest absolute Gasteiger partial charge is 0.409 e. The molecule has 3 amide bonds. The van der Waals surface area contributed by atoms with E-state index in [0.29, 0.717) is 33.4 Å². The van der Waals surface area contributed by atoms with Crippen molar-refractivity contribution in [1.29, 1.82) is 0 Å². The minimum Gasteiger partial charge on any atom is -0.465 e. The quantitative estimate of drug-likeness (QED) is 0.610. The second kappa shape index (κ2) is 7.73. The fourth-order valence-electron chi connectivity index (χ4n) is 2.45. The molecule has 2 aromatic heterocycles. The van der Waals surface area contributed by atoms with E-state index in [1.807, 2.05) is 13.8 Å². The number of amides is 3. The zero-order valence-corrected chi connectivity index (χ0v) is 16.2. The molecule has 3 N–H and O–H groups in total. The standard InChI is InChI=1S/C18H19ClN6O3/c1-10(2)24(3)17(26)21-11-4-5-14(19)13(6-11)15-9-25-8-12(22-18(27)28)7-20-16(25)23-15/h4-10,22H,1-3H3,(H,21,26)(H,27,28). The van der Waals surface area contributed by atoms with E-state index < -0.39 is 6.09 Å². The third-order valence-corrected chi connectivity index (χ3v) is 4.48. The maximum Gasteiger partial charge on any atom is 0.409 e. The van der Waals surface area contributed by atoms with Gasteiger partial charge in [-0.25, -0.2) is 19.6 Å². The van der Waals surface area contributed by atoms with Crippen LogP contribution in [0.1, 0.15) is 13.8 Å². The summed E-state index contributed by atoms with van der Waals surface area (Å²) in [5, 5.41) is 14.3. The number of nitrogens with zero attached hydrogens (tertiary/aromatic N) is 4. The van der Waals surface area contributed by atoms with Gasteiger partial charge in [0.25, 0.3) is 0 Å². The first-order chi connectivity index (χ1) is 13.2. The Balaban J connectivity index is 1.92. The van der Waals surface area contributed by atoms with Gasteiger partial charge in [-0.3, -0.25) is 9.72 Å². The van der Waals surface area contributed by atoms with Gasteiger partial charge in [0, 0.05) is 36.7 Å². The van der Waals surface area contributed by atoms with Gasteiger partial charge in [-0.05, 0) is 32.0 Å². The molecule has 0 saturated heterocycles. The normalized spacial score (nSPS) is 10.9. The number of rotatable bonds is 4. The molecule has 0 aliphatic carbocycles. The summed E-state index contributed by atoms with van der Waals surface area (Å²) >= 11 is 6.33. The fourth-order valence-corrected chi connectivity index (χ4v) is 2.66. The van der Waals surface area contributed by atoms with Crippen LogP contribution in [0.5, 0.6) is 0 Å². The molecule has 28 heavy (non-hydrogen) atoms. The molecule has 0 unspecified atom stereocenters. The number of hydrogen-bond donors (Lipinski definition) is 3. The van der Waals surface area contributed by atoms with Gasteiger partial charge in [-0.1, -0.05) is 11.6 Å². The summed E-state index contributed by atoms with van der Waals surface area (Å²) in [6.07, 6.45) is 3.44. The number of urea groups is 1. The van der Waals surface area contributed by atoms with Crippen molar-refractivity contribution >= 4 is 40.9 Å². The largest absolute Gasteiger partial charge is 0.465 e. The molecule has 146 valence electrons. The number of benzene rings is 1. The molecule has 0 atom stereocenters. The highest BCUT2D eigenvalue weighted by Gasteiger charge is 2.15. The lowest BCUT2D eigenvalue weighted by Gasteiger charge is -2.22. The van der Waals surface area contributed by atoms with Crippen LogP contribution in [0, 0.1) is 0 Å². The molecule has 2 heterocycles. The molecule has 10 heteroatoms. The third kappa shape index (κ3) is 4.15. The fraction of sp³-hybridized carbons (Fsp3) is 0.222. The third-order valence-electron chi connectivity index (χ3n) is 4.15. The van der Waals surface area contributed by atoms with E-state index in [4.69, 9.17) is 16.7 Å². The summed E-state index contributed by atoms with van der Waals surface area (Å²) in [5.74, 6) is 0.385. The lowest BCUT2D eigenvalue weighted by Crippen LogP contribution is -2.36. The predicted octanol–water partition coefficient (Wildman–Crippen LogP) is 4.01.